The second kappa shape index (κ2) is 6.50. The molecule has 1 aromatic rings. The minimum absolute atomic E-state index is 0.105. The van der Waals surface area contributed by atoms with Crippen molar-refractivity contribution >= 4 is 0 Å². The van der Waals surface area contributed by atoms with E-state index in [1.165, 1.54) is 5.56 Å². The SMILES string of the molecule is CCOC(C)C(Cc1ccncc1)NN. The Hall–Kier alpha value is -0.970. The van der Waals surface area contributed by atoms with E-state index in [2.05, 4.69) is 10.4 Å². The Bertz CT molecular complexity index is 266. The Labute approximate surface area is 90.8 Å². The van der Waals surface area contributed by atoms with E-state index in [0.717, 1.165) is 6.42 Å². The fraction of sp³-hybridized carbons (Fsp3) is 0.545. The monoisotopic (exact) mass is 209 g/mol. The summed E-state index contributed by atoms with van der Waals surface area (Å²) in [7, 11) is 0. The average Bonchev–Trinajstić information content (AvgIpc) is 2.27. The molecular formula is C11H19N3O. The van der Waals surface area contributed by atoms with Gasteiger partial charge >= 0.3 is 0 Å². The van der Waals surface area contributed by atoms with Crippen molar-refractivity contribution in [2.45, 2.75) is 32.4 Å². The zero-order valence-electron chi connectivity index (χ0n) is 9.31. The highest BCUT2D eigenvalue weighted by atomic mass is 16.5. The van der Waals surface area contributed by atoms with Gasteiger partial charge in [0.1, 0.15) is 0 Å². The summed E-state index contributed by atoms with van der Waals surface area (Å²) in [6.07, 6.45) is 4.52. The van der Waals surface area contributed by atoms with Crippen LogP contribution < -0.4 is 11.3 Å². The van der Waals surface area contributed by atoms with Crippen LogP contribution in [0.25, 0.3) is 0 Å². The van der Waals surface area contributed by atoms with Crippen molar-refractivity contribution < 1.29 is 4.74 Å². The van der Waals surface area contributed by atoms with Gasteiger partial charge < -0.3 is 4.74 Å². The molecule has 0 aliphatic rings. The predicted molar refractivity (Wildman–Crippen MR) is 60.1 cm³/mol. The lowest BCUT2D eigenvalue weighted by Gasteiger charge is -2.23. The smallest absolute Gasteiger partial charge is 0.0716 e. The summed E-state index contributed by atoms with van der Waals surface area (Å²) >= 11 is 0. The van der Waals surface area contributed by atoms with E-state index in [1.807, 2.05) is 26.0 Å². The number of nitrogens with two attached hydrogens (primary N) is 1. The molecule has 4 nitrogen and oxygen atoms in total. The quantitative estimate of drug-likeness (QED) is 0.539. The van der Waals surface area contributed by atoms with E-state index >= 15 is 0 Å². The average molecular weight is 209 g/mol. The first-order valence-electron chi connectivity index (χ1n) is 5.24. The van der Waals surface area contributed by atoms with Crippen LogP contribution in [-0.2, 0) is 11.2 Å². The van der Waals surface area contributed by atoms with Gasteiger partial charge in [-0.2, -0.15) is 0 Å². The van der Waals surface area contributed by atoms with E-state index in [-0.39, 0.29) is 12.1 Å². The molecule has 0 aliphatic carbocycles. The van der Waals surface area contributed by atoms with Gasteiger partial charge in [-0.1, -0.05) is 0 Å². The van der Waals surface area contributed by atoms with Crippen LogP contribution in [0.2, 0.25) is 0 Å². The zero-order chi connectivity index (χ0) is 11.1. The lowest BCUT2D eigenvalue weighted by molar-refractivity contribution is 0.0476. The van der Waals surface area contributed by atoms with Crippen molar-refractivity contribution in [3.8, 4) is 0 Å². The molecule has 1 aromatic heterocycles. The van der Waals surface area contributed by atoms with E-state index in [1.54, 1.807) is 12.4 Å². The van der Waals surface area contributed by atoms with Gasteiger partial charge in [-0.3, -0.25) is 16.3 Å². The van der Waals surface area contributed by atoms with E-state index in [9.17, 15) is 0 Å². The molecule has 84 valence electrons. The van der Waals surface area contributed by atoms with Crippen LogP contribution in [0.3, 0.4) is 0 Å². The minimum Gasteiger partial charge on any atom is -0.377 e. The maximum atomic E-state index is 5.51. The number of aromatic nitrogens is 1. The summed E-state index contributed by atoms with van der Waals surface area (Å²) in [5.41, 5.74) is 4.00. The van der Waals surface area contributed by atoms with Gasteiger partial charge in [-0.15, -0.1) is 0 Å². The van der Waals surface area contributed by atoms with Crippen molar-refractivity contribution in [1.29, 1.82) is 0 Å². The summed E-state index contributed by atoms with van der Waals surface area (Å²) in [6, 6.07) is 4.11. The number of pyridine rings is 1. The molecule has 0 radical (unpaired) electrons. The van der Waals surface area contributed by atoms with Crippen molar-refractivity contribution in [2.24, 2.45) is 5.84 Å². The second-order valence-corrected chi connectivity index (χ2v) is 3.49. The molecule has 0 bridgehead atoms. The summed E-state index contributed by atoms with van der Waals surface area (Å²) in [4.78, 5) is 3.98. The van der Waals surface area contributed by atoms with Crippen LogP contribution in [0.1, 0.15) is 19.4 Å². The Morgan fingerprint density at radius 3 is 2.67 bits per heavy atom. The standard InChI is InChI=1S/C11H19N3O/c1-3-15-9(2)11(14-12)8-10-4-6-13-7-5-10/h4-7,9,11,14H,3,8,12H2,1-2H3. The Morgan fingerprint density at radius 1 is 1.47 bits per heavy atom. The highest BCUT2D eigenvalue weighted by Gasteiger charge is 2.16. The summed E-state index contributed by atoms with van der Waals surface area (Å²) in [6.45, 7) is 4.71. The first-order chi connectivity index (χ1) is 7.27. The predicted octanol–water partition coefficient (Wildman–Crippen LogP) is 0.881. The lowest BCUT2D eigenvalue weighted by Crippen LogP contribution is -2.45. The van der Waals surface area contributed by atoms with Crippen molar-refractivity contribution in [1.82, 2.24) is 10.4 Å². The number of nitrogens with zero attached hydrogens (tertiary/aromatic N) is 1. The molecule has 2 atom stereocenters. The summed E-state index contributed by atoms with van der Waals surface area (Å²) < 4.78 is 5.51. The number of hydrogen-bond acceptors (Lipinski definition) is 4. The number of nitrogens with one attached hydrogen (secondary N) is 1. The Kier molecular flexibility index (Phi) is 5.25. The fourth-order valence-electron chi connectivity index (χ4n) is 1.51. The highest BCUT2D eigenvalue weighted by molar-refractivity contribution is 5.11. The van der Waals surface area contributed by atoms with Crippen LogP contribution in [0.4, 0.5) is 0 Å². The first-order valence-corrected chi connectivity index (χ1v) is 5.24. The van der Waals surface area contributed by atoms with Crippen molar-refractivity contribution in [3.05, 3.63) is 30.1 Å². The van der Waals surface area contributed by atoms with E-state index in [0.29, 0.717) is 6.61 Å². The molecule has 0 saturated carbocycles. The lowest BCUT2D eigenvalue weighted by atomic mass is 10.0. The molecule has 0 aromatic carbocycles. The van der Waals surface area contributed by atoms with Crippen LogP contribution in [-0.4, -0.2) is 23.7 Å². The molecule has 1 rings (SSSR count). The molecule has 2 unspecified atom stereocenters. The highest BCUT2D eigenvalue weighted by Crippen LogP contribution is 2.06. The normalized spacial score (nSPS) is 14.9. The third kappa shape index (κ3) is 3.95. The first kappa shape index (κ1) is 12.1. The van der Waals surface area contributed by atoms with Gasteiger partial charge in [0.25, 0.3) is 0 Å². The topological polar surface area (TPSA) is 60.2 Å². The maximum absolute atomic E-state index is 5.51. The number of rotatable bonds is 6. The zero-order valence-corrected chi connectivity index (χ0v) is 9.31. The summed E-state index contributed by atoms with van der Waals surface area (Å²) in [5.74, 6) is 5.51. The minimum atomic E-state index is 0.105. The van der Waals surface area contributed by atoms with Crippen molar-refractivity contribution in [2.75, 3.05) is 6.61 Å². The van der Waals surface area contributed by atoms with Gasteiger partial charge in [0.15, 0.2) is 0 Å². The van der Waals surface area contributed by atoms with E-state index in [4.69, 9.17) is 10.6 Å². The fourth-order valence-corrected chi connectivity index (χ4v) is 1.51. The van der Waals surface area contributed by atoms with Gasteiger partial charge in [0.05, 0.1) is 12.1 Å². The maximum Gasteiger partial charge on any atom is 0.0716 e. The molecule has 0 fully saturated rings. The second-order valence-electron chi connectivity index (χ2n) is 3.49. The molecule has 4 heteroatoms. The van der Waals surface area contributed by atoms with Gasteiger partial charge in [-0.05, 0) is 38.0 Å². The molecule has 0 amide bonds. The molecule has 3 N–H and O–H groups in total. The number of ether oxygens (including phenoxy) is 1. The number of hydrogen-bond donors (Lipinski definition) is 2. The number of hydrazine groups is 1. The molecular weight excluding hydrogens is 190 g/mol. The summed E-state index contributed by atoms with van der Waals surface area (Å²) in [5, 5.41) is 0. The third-order valence-corrected chi connectivity index (χ3v) is 2.42. The molecule has 0 aliphatic heterocycles. The van der Waals surface area contributed by atoms with Gasteiger partial charge in [0.2, 0.25) is 0 Å². The third-order valence-electron chi connectivity index (χ3n) is 2.42. The largest absolute Gasteiger partial charge is 0.377 e. The molecule has 15 heavy (non-hydrogen) atoms. The van der Waals surface area contributed by atoms with Crippen molar-refractivity contribution in [3.63, 3.8) is 0 Å². The van der Waals surface area contributed by atoms with Gasteiger partial charge in [0, 0.05) is 19.0 Å². The van der Waals surface area contributed by atoms with Crippen LogP contribution in [0, 0.1) is 0 Å². The van der Waals surface area contributed by atoms with E-state index < -0.39 is 0 Å². The molecule has 1 heterocycles. The van der Waals surface area contributed by atoms with Crippen LogP contribution >= 0.6 is 0 Å². The van der Waals surface area contributed by atoms with Crippen LogP contribution in [0.15, 0.2) is 24.5 Å². The van der Waals surface area contributed by atoms with Crippen LogP contribution in [0.5, 0.6) is 0 Å². The Morgan fingerprint density at radius 2 is 2.13 bits per heavy atom. The molecule has 0 spiro atoms. The van der Waals surface area contributed by atoms with Gasteiger partial charge in [-0.25, -0.2) is 0 Å². The Balaban J connectivity index is 2.53. The molecule has 0 saturated heterocycles.